The fourth-order valence-corrected chi connectivity index (χ4v) is 1.72. The Labute approximate surface area is 83.1 Å². The highest BCUT2D eigenvalue weighted by Crippen LogP contribution is 2.32. The van der Waals surface area contributed by atoms with Gasteiger partial charge in [-0.05, 0) is 30.7 Å². The molecule has 3 nitrogen and oxygen atoms in total. The number of rotatable bonds is 3. The quantitative estimate of drug-likeness (QED) is 0.740. The summed E-state index contributed by atoms with van der Waals surface area (Å²) >= 11 is 0. The Kier molecular flexibility index (Phi) is 2.39. The summed E-state index contributed by atoms with van der Waals surface area (Å²) in [5.74, 6) is 0.812. The number of carbonyl (C=O) groups excluding carboxylic acids is 1. The molecule has 1 aromatic carbocycles. The maximum Gasteiger partial charge on any atom is 0.129 e. The minimum Gasteiger partial charge on any atom is -0.494 e. The molecule has 1 aromatic rings. The highest BCUT2D eigenvalue weighted by molar-refractivity contribution is 5.74. The molecule has 0 saturated heterocycles. The summed E-state index contributed by atoms with van der Waals surface area (Å²) in [4.78, 5) is 10.8. The van der Waals surface area contributed by atoms with Crippen LogP contribution in [0.25, 0.3) is 0 Å². The number of carbonyl (C=O) groups is 1. The monoisotopic (exact) mass is 191 g/mol. The molecule has 1 heterocycles. The molecule has 74 valence electrons. The van der Waals surface area contributed by atoms with E-state index in [1.807, 2.05) is 25.1 Å². The number of aldehydes is 1. The van der Waals surface area contributed by atoms with E-state index in [4.69, 9.17) is 4.74 Å². The third kappa shape index (κ3) is 1.45. The molecule has 0 amide bonds. The van der Waals surface area contributed by atoms with Gasteiger partial charge in [-0.15, -0.1) is 0 Å². The molecule has 0 bridgehead atoms. The molecule has 0 fully saturated rings. The van der Waals surface area contributed by atoms with Gasteiger partial charge in [0, 0.05) is 12.2 Å². The zero-order chi connectivity index (χ0) is 9.97. The van der Waals surface area contributed by atoms with Crippen LogP contribution in [0, 0.1) is 0 Å². The second-order valence-electron chi connectivity index (χ2n) is 3.31. The van der Waals surface area contributed by atoms with Crippen molar-refractivity contribution in [2.75, 3.05) is 18.5 Å². The second-order valence-corrected chi connectivity index (χ2v) is 3.31. The largest absolute Gasteiger partial charge is 0.494 e. The highest BCUT2D eigenvalue weighted by atomic mass is 16.5. The van der Waals surface area contributed by atoms with Gasteiger partial charge in [-0.1, -0.05) is 0 Å². The van der Waals surface area contributed by atoms with Gasteiger partial charge in [0.25, 0.3) is 0 Å². The zero-order valence-corrected chi connectivity index (χ0v) is 8.12. The van der Waals surface area contributed by atoms with Crippen LogP contribution < -0.4 is 10.1 Å². The van der Waals surface area contributed by atoms with E-state index < -0.39 is 0 Å². The molecule has 0 radical (unpaired) electrons. The van der Waals surface area contributed by atoms with Gasteiger partial charge in [-0.2, -0.15) is 0 Å². The smallest absolute Gasteiger partial charge is 0.129 e. The Morgan fingerprint density at radius 2 is 2.50 bits per heavy atom. The van der Waals surface area contributed by atoms with Gasteiger partial charge in [0.1, 0.15) is 12.0 Å². The van der Waals surface area contributed by atoms with Crippen LogP contribution in [0.5, 0.6) is 5.75 Å². The molecular weight excluding hydrogens is 178 g/mol. The summed E-state index contributed by atoms with van der Waals surface area (Å²) in [6, 6.07) is 5.82. The Hall–Kier alpha value is -1.51. The van der Waals surface area contributed by atoms with Crippen LogP contribution in [0.15, 0.2) is 18.2 Å². The van der Waals surface area contributed by atoms with Crippen molar-refractivity contribution in [2.45, 2.75) is 12.8 Å². The topological polar surface area (TPSA) is 38.3 Å². The Balaban J connectivity index is 2.32. The third-order valence-electron chi connectivity index (χ3n) is 2.41. The molecule has 1 atom stereocenters. The molecule has 3 heteroatoms. The molecule has 0 aromatic heterocycles. The molecule has 1 unspecified atom stereocenters. The van der Waals surface area contributed by atoms with Crippen LogP contribution in [0.2, 0.25) is 0 Å². The minimum atomic E-state index is -0.0228. The first kappa shape index (κ1) is 9.06. The molecule has 2 rings (SSSR count). The number of hydrogen-bond donors (Lipinski definition) is 1. The van der Waals surface area contributed by atoms with Crippen molar-refractivity contribution < 1.29 is 9.53 Å². The van der Waals surface area contributed by atoms with Crippen LogP contribution in [-0.4, -0.2) is 19.4 Å². The lowest BCUT2D eigenvalue weighted by molar-refractivity contribution is -0.108. The summed E-state index contributed by atoms with van der Waals surface area (Å²) in [5, 5.41) is 3.18. The van der Waals surface area contributed by atoms with Gasteiger partial charge in [0.2, 0.25) is 0 Å². The average molecular weight is 191 g/mol. The Morgan fingerprint density at radius 3 is 3.21 bits per heavy atom. The lowest BCUT2D eigenvalue weighted by atomic mass is 10.0. The maximum absolute atomic E-state index is 10.8. The van der Waals surface area contributed by atoms with Crippen molar-refractivity contribution in [3.05, 3.63) is 23.8 Å². The van der Waals surface area contributed by atoms with Gasteiger partial charge in [-0.3, -0.25) is 0 Å². The minimum absolute atomic E-state index is 0.0228. The highest BCUT2D eigenvalue weighted by Gasteiger charge is 2.21. The van der Waals surface area contributed by atoms with E-state index in [0.29, 0.717) is 13.2 Å². The van der Waals surface area contributed by atoms with Crippen molar-refractivity contribution in [2.24, 2.45) is 0 Å². The van der Waals surface area contributed by atoms with E-state index in [9.17, 15) is 4.79 Å². The SMILES string of the molecule is CCOc1ccc2c(c1)C(C=O)CN2. The number of ether oxygens (including phenoxy) is 1. The number of benzene rings is 1. The zero-order valence-electron chi connectivity index (χ0n) is 8.12. The molecular formula is C11H13NO2. The van der Waals surface area contributed by atoms with Crippen molar-refractivity contribution >= 4 is 12.0 Å². The van der Waals surface area contributed by atoms with Crippen LogP contribution in [-0.2, 0) is 4.79 Å². The first-order chi connectivity index (χ1) is 6.85. The number of hydrogen-bond acceptors (Lipinski definition) is 3. The summed E-state index contributed by atoms with van der Waals surface area (Å²) in [5.41, 5.74) is 2.09. The van der Waals surface area contributed by atoms with Gasteiger partial charge in [0.15, 0.2) is 0 Å². The van der Waals surface area contributed by atoms with Crippen LogP contribution >= 0.6 is 0 Å². The molecule has 0 spiro atoms. The summed E-state index contributed by atoms with van der Waals surface area (Å²) in [6.07, 6.45) is 0.981. The predicted molar refractivity (Wildman–Crippen MR) is 54.9 cm³/mol. The van der Waals surface area contributed by atoms with E-state index in [2.05, 4.69) is 5.32 Å². The lowest BCUT2D eigenvalue weighted by Gasteiger charge is -2.06. The molecule has 1 aliphatic heterocycles. The van der Waals surface area contributed by atoms with Crippen LogP contribution in [0.3, 0.4) is 0 Å². The van der Waals surface area contributed by atoms with Gasteiger partial charge >= 0.3 is 0 Å². The van der Waals surface area contributed by atoms with Gasteiger partial charge in [-0.25, -0.2) is 0 Å². The van der Waals surface area contributed by atoms with Crippen molar-refractivity contribution in [1.82, 2.24) is 0 Å². The van der Waals surface area contributed by atoms with E-state index >= 15 is 0 Å². The lowest BCUT2D eigenvalue weighted by Crippen LogP contribution is -2.02. The molecule has 1 aliphatic rings. The predicted octanol–water partition coefficient (Wildman–Crippen LogP) is 1.79. The van der Waals surface area contributed by atoms with E-state index in [0.717, 1.165) is 23.3 Å². The van der Waals surface area contributed by atoms with Gasteiger partial charge in [0.05, 0.1) is 12.5 Å². The van der Waals surface area contributed by atoms with E-state index in [1.165, 1.54) is 0 Å². The van der Waals surface area contributed by atoms with E-state index in [1.54, 1.807) is 0 Å². The molecule has 1 N–H and O–H groups in total. The first-order valence-electron chi connectivity index (χ1n) is 4.81. The fourth-order valence-electron chi connectivity index (χ4n) is 1.72. The third-order valence-corrected chi connectivity index (χ3v) is 2.41. The molecule has 14 heavy (non-hydrogen) atoms. The average Bonchev–Trinajstić information content (AvgIpc) is 2.60. The van der Waals surface area contributed by atoms with Crippen LogP contribution in [0.4, 0.5) is 5.69 Å². The summed E-state index contributed by atoms with van der Waals surface area (Å²) in [7, 11) is 0. The number of anilines is 1. The van der Waals surface area contributed by atoms with Crippen molar-refractivity contribution in [3.63, 3.8) is 0 Å². The molecule has 0 saturated carbocycles. The first-order valence-corrected chi connectivity index (χ1v) is 4.81. The second kappa shape index (κ2) is 3.70. The summed E-state index contributed by atoms with van der Waals surface area (Å²) < 4.78 is 5.38. The molecule has 0 aliphatic carbocycles. The Morgan fingerprint density at radius 1 is 1.64 bits per heavy atom. The number of nitrogens with one attached hydrogen (secondary N) is 1. The normalized spacial score (nSPS) is 18.5. The van der Waals surface area contributed by atoms with Crippen LogP contribution in [0.1, 0.15) is 18.4 Å². The van der Waals surface area contributed by atoms with Gasteiger partial charge < -0.3 is 14.8 Å². The van der Waals surface area contributed by atoms with Crippen molar-refractivity contribution in [1.29, 1.82) is 0 Å². The number of fused-ring (bicyclic) bond motifs is 1. The standard InChI is InChI=1S/C11H13NO2/c1-2-14-9-3-4-11-10(5-9)8(7-13)6-12-11/h3-5,7-8,12H,2,6H2,1H3. The maximum atomic E-state index is 10.8. The van der Waals surface area contributed by atoms with Crippen molar-refractivity contribution in [3.8, 4) is 5.75 Å². The summed E-state index contributed by atoms with van der Waals surface area (Å²) in [6.45, 7) is 3.30. The Bertz CT molecular complexity index is 349. The van der Waals surface area contributed by atoms with E-state index in [-0.39, 0.29) is 5.92 Å². The fraction of sp³-hybridized carbons (Fsp3) is 0.364.